The number of hydrogen-bond donors (Lipinski definition) is 0. The Bertz CT molecular complexity index is 147. The van der Waals surface area contributed by atoms with Crippen molar-refractivity contribution in [3.63, 3.8) is 0 Å². The number of ether oxygens (including phenoxy) is 2. The van der Waals surface area contributed by atoms with Gasteiger partial charge in [-0.3, -0.25) is 0 Å². The SMILES string of the molecule is CCCCCCC(Cl)OC1CCCCO1. The predicted molar refractivity (Wildman–Crippen MR) is 63.1 cm³/mol. The quantitative estimate of drug-likeness (QED) is 0.489. The largest absolute Gasteiger partial charge is 0.353 e. The van der Waals surface area contributed by atoms with E-state index in [1.54, 1.807) is 0 Å². The van der Waals surface area contributed by atoms with E-state index in [0.717, 1.165) is 32.3 Å². The van der Waals surface area contributed by atoms with Crippen molar-refractivity contribution in [2.45, 2.75) is 70.1 Å². The molecule has 0 radical (unpaired) electrons. The summed E-state index contributed by atoms with van der Waals surface area (Å²) in [7, 11) is 0. The van der Waals surface area contributed by atoms with Gasteiger partial charge in [-0.25, -0.2) is 0 Å². The molecule has 0 bridgehead atoms. The molecule has 2 unspecified atom stereocenters. The molecule has 1 aliphatic heterocycles. The van der Waals surface area contributed by atoms with E-state index in [1.165, 1.54) is 25.7 Å². The van der Waals surface area contributed by atoms with Gasteiger partial charge in [0.1, 0.15) is 5.56 Å². The highest BCUT2D eigenvalue weighted by molar-refractivity contribution is 6.19. The zero-order valence-electron chi connectivity index (χ0n) is 9.71. The van der Waals surface area contributed by atoms with Gasteiger partial charge < -0.3 is 9.47 Å². The fourth-order valence-corrected chi connectivity index (χ4v) is 2.05. The second-order valence-corrected chi connectivity index (χ2v) is 4.68. The van der Waals surface area contributed by atoms with Crippen LogP contribution in [0.25, 0.3) is 0 Å². The zero-order valence-corrected chi connectivity index (χ0v) is 10.5. The Morgan fingerprint density at radius 1 is 1.33 bits per heavy atom. The Morgan fingerprint density at radius 3 is 2.87 bits per heavy atom. The van der Waals surface area contributed by atoms with Crippen molar-refractivity contribution >= 4 is 11.6 Å². The Morgan fingerprint density at radius 2 is 2.20 bits per heavy atom. The summed E-state index contributed by atoms with van der Waals surface area (Å²) in [6, 6.07) is 0. The highest BCUT2D eigenvalue weighted by atomic mass is 35.5. The summed E-state index contributed by atoms with van der Waals surface area (Å²) in [5.41, 5.74) is -0.162. The maximum atomic E-state index is 6.09. The van der Waals surface area contributed by atoms with Gasteiger partial charge in [-0.2, -0.15) is 0 Å². The first-order valence-electron chi connectivity index (χ1n) is 6.24. The van der Waals surface area contributed by atoms with E-state index in [9.17, 15) is 0 Å². The third-order valence-electron chi connectivity index (χ3n) is 2.72. The highest BCUT2D eigenvalue weighted by Crippen LogP contribution is 2.19. The molecule has 0 aromatic rings. The Hall–Kier alpha value is 0.210. The molecule has 15 heavy (non-hydrogen) atoms. The van der Waals surface area contributed by atoms with E-state index < -0.39 is 0 Å². The predicted octanol–water partition coefficient (Wildman–Crippen LogP) is 4.06. The normalized spacial score (nSPS) is 24.0. The van der Waals surface area contributed by atoms with Crippen LogP contribution in [0.15, 0.2) is 0 Å². The first-order chi connectivity index (χ1) is 7.33. The minimum Gasteiger partial charge on any atom is -0.353 e. The summed E-state index contributed by atoms with van der Waals surface area (Å²) >= 11 is 6.09. The fraction of sp³-hybridized carbons (Fsp3) is 1.00. The van der Waals surface area contributed by atoms with Gasteiger partial charge in [0.2, 0.25) is 0 Å². The minimum absolute atomic E-state index is 0.0487. The molecular weight excluding hydrogens is 212 g/mol. The van der Waals surface area contributed by atoms with Crippen molar-refractivity contribution in [3.8, 4) is 0 Å². The molecule has 0 saturated carbocycles. The maximum absolute atomic E-state index is 6.09. The standard InChI is InChI=1S/C12H23ClO2/c1-2-3-4-5-8-11(13)15-12-9-6-7-10-14-12/h11-12H,2-10H2,1H3. The van der Waals surface area contributed by atoms with Crippen molar-refractivity contribution in [3.05, 3.63) is 0 Å². The average Bonchev–Trinajstić information content (AvgIpc) is 2.26. The van der Waals surface area contributed by atoms with Crippen LogP contribution in [0, 0.1) is 0 Å². The zero-order chi connectivity index (χ0) is 10.9. The molecule has 0 amide bonds. The molecule has 0 aromatic heterocycles. The summed E-state index contributed by atoms with van der Waals surface area (Å²) < 4.78 is 11.1. The van der Waals surface area contributed by atoms with Gasteiger partial charge in [0.05, 0.1) is 0 Å². The van der Waals surface area contributed by atoms with Crippen LogP contribution < -0.4 is 0 Å². The van der Waals surface area contributed by atoms with Gasteiger partial charge in [-0.1, -0.05) is 37.8 Å². The molecule has 2 nitrogen and oxygen atoms in total. The molecular formula is C12H23ClO2. The number of hydrogen-bond acceptors (Lipinski definition) is 2. The van der Waals surface area contributed by atoms with Crippen molar-refractivity contribution in [2.75, 3.05) is 6.61 Å². The lowest BCUT2D eigenvalue weighted by molar-refractivity contribution is -0.172. The lowest BCUT2D eigenvalue weighted by Gasteiger charge is -2.25. The lowest BCUT2D eigenvalue weighted by atomic mass is 10.1. The summed E-state index contributed by atoms with van der Waals surface area (Å²) in [4.78, 5) is 0. The Balaban J connectivity index is 1.98. The van der Waals surface area contributed by atoms with Crippen molar-refractivity contribution in [1.82, 2.24) is 0 Å². The van der Waals surface area contributed by atoms with Gasteiger partial charge >= 0.3 is 0 Å². The molecule has 1 heterocycles. The van der Waals surface area contributed by atoms with Crippen LogP contribution in [0.4, 0.5) is 0 Å². The van der Waals surface area contributed by atoms with E-state index >= 15 is 0 Å². The smallest absolute Gasteiger partial charge is 0.159 e. The monoisotopic (exact) mass is 234 g/mol. The number of unbranched alkanes of at least 4 members (excludes halogenated alkanes) is 3. The van der Waals surface area contributed by atoms with Crippen LogP contribution >= 0.6 is 11.6 Å². The van der Waals surface area contributed by atoms with Crippen LogP contribution in [-0.2, 0) is 9.47 Å². The summed E-state index contributed by atoms with van der Waals surface area (Å²) in [5.74, 6) is 0. The van der Waals surface area contributed by atoms with Crippen molar-refractivity contribution in [1.29, 1.82) is 0 Å². The molecule has 1 aliphatic rings. The maximum Gasteiger partial charge on any atom is 0.159 e. The molecule has 1 rings (SSSR count). The fourth-order valence-electron chi connectivity index (χ4n) is 1.78. The summed E-state index contributed by atoms with van der Waals surface area (Å²) in [5, 5.41) is 0. The van der Waals surface area contributed by atoms with Crippen molar-refractivity contribution < 1.29 is 9.47 Å². The lowest BCUT2D eigenvalue weighted by Crippen LogP contribution is -2.25. The molecule has 1 fully saturated rings. The first kappa shape index (κ1) is 13.3. The van der Waals surface area contributed by atoms with E-state index in [2.05, 4.69) is 6.92 Å². The van der Waals surface area contributed by atoms with Gasteiger partial charge in [-0.15, -0.1) is 0 Å². The molecule has 3 heteroatoms. The molecule has 0 N–H and O–H groups in total. The van der Waals surface area contributed by atoms with Crippen LogP contribution in [0.3, 0.4) is 0 Å². The third kappa shape index (κ3) is 6.39. The van der Waals surface area contributed by atoms with Crippen LogP contribution in [-0.4, -0.2) is 18.5 Å². The molecule has 0 aromatic carbocycles. The van der Waals surface area contributed by atoms with E-state index in [4.69, 9.17) is 21.1 Å². The van der Waals surface area contributed by atoms with E-state index in [1.807, 2.05) is 0 Å². The number of rotatable bonds is 7. The second kappa shape index (κ2) is 8.37. The Kier molecular flexibility index (Phi) is 7.41. The van der Waals surface area contributed by atoms with Gasteiger partial charge in [0.15, 0.2) is 6.29 Å². The molecule has 0 spiro atoms. The van der Waals surface area contributed by atoms with Crippen LogP contribution in [0.5, 0.6) is 0 Å². The van der Waals surface area contributed by atoms with Crippen molar-refractivity contribution in [2.24, 2.45) is 0 Å². The third-order valence-corrected chi connectivity index (χ3v) is 3.04. The summed E-state index contributed by atoms with van der Waals surface area (Å²) in [6.45, 7) is 3.04. The summed E-state index contributed by atoms with van der Waals surface area (Å²) in [6.07, 6.45) is 9.23. The van der Waals surface area contributed by atoms with Crippen LogP contribution in [0.2, 0.25) is 0 Å². The molecule has 1 saturated heterocycles. The molecule has 90 valence electrons. The Labute approximate surface area is 98.3 Å². The average molecular weight is 235 g/mol. The topological polar surface area (TPSA) is 18.5 Å². The first-order valence-corrected chi connectivity index (χ1v) is 6.67. The number of alkyl halides is 1. The van der Waals surface area contributed by atoms with E-state index in [0.29, 0.717) is 0 Å². The highest BCUT2D eigenvalue weighted by Gasteiger charge is 2.17. The van der Waals surface area contributed by atoms with E-state index in [-0.39, 0.29) is 11.9 Å². The second-order valence-electron chi connectivity index (χ2n) is 4.19. The van der Waals surface area contributed by atoms with Gasteiger partial charge in [0.25, 0.3) is 0 Å². The van der Waals surface area contributed by atoms with Crippen LogP contribution in [0.1, 0.15) is 58.3 Å². The molecule has 2 atom stereocenters. The molecule has 0 aliphatic carbocycles. The minimum atomic E-state index is -0.162. The number of halogens is 1. The van der Waals surface area contributed by atoms with Gasteiger partial charge in [0, 0.05) is 6.61 Å². The van der Waals surface area contributed by atoms with Gasteiger partial charge in [-0.05, 0) is 32.1 Å².